The van der Waals surface area contributed by atoms with Crippen molar-refractivity contribution in [1.29, 1.82) is 0 Å². The third-order valence-corrected chi connectivity index (χ3v) is 6.02. The average molecular weight is 388 g/mol. The third kappa shape index (κ3) is 3.31. The van der Waals surface area contributed by atoms with Gasteiger partial charge < -0.3 is 4.90 Å². The van der Waals surface area contributed by atoms with Crippen LogP contribution in [0.5, 0.6) is 0 Å². The molecule has 0 saturated carbocycles. The number of nitrogens with zero attached hydrogens (tertiary/aromatic N) is 3. The zero-order valence-electron chi connectivity index (χ0n) is 15.2. The zero-order valence-corrected chi connectivity index (χ0v) is 16.0. The van der Waals surface area contributed by atoms with E-state index in [-0.39, 0.29) is 17.3 Å². The molecule has 9 heteroatoms. The van der Waals surface area contributed by atoms with Gasteiger partial charge in [-0.1, -0.05) is 0 Å². The number of aromatic nitrogens is 1. The van der Waals surface area contributed by atoms with Crippen LogP contribution < -0.4 is 9.62 Å². The number of carbonyl (C=O) groups is 2. The maximum atomic E-state index is 13.0. The normalized spacial score (nSPS) is 16.9. The van der Waals surface area contributed by atoms with Crippen molar-refractivity contribution in [1.82, 2.24) is 14.6 Å². The number of hydrogen-bond acceptors (Lipinski definition) is 5. The summed E-state index contributed by atoms with van der Waals surface area (Å²) in [7, 11) is -2.28. The Hall–Kier alpha value is -2.78. The second-order valence-corrected chi connectivity index (χ2v) is 8.51. The Kier molecular flexibility index (Phi) is 4.75. The molecule has 0 unspecified atom stereocenters. The number of imide groups is 1. The van der Waals surface area contributed by atoms with Crippen molar-refractivity contribution in [3.05, 3.63) is 54.4 Å². The summed E-state index contributed by atoms with van der Waals surface area (Å²) in [6.45, 7) is 3.64. The van der Waals surface area contributed by atoms with Gasteiger partial charge in [0.05, 0.1) is 10.6 Å². The fourth-order valence-corrected chi connectivity index (χ4v) is 3.62. The van der Waals surface area contributed by atoms with E-state index in [2.05, 4.69) is 9.71 Å². The van der Waals surface area contributed by atoms with Crippen LogP contribution in [-0.2, 0) is 21.4 Å². The first kappa shape index (κ1) is 19.0. The Balaban J connectivity index is 1.93. The minimum absolute atomic E-state index is 0.0562. The van der Waals surface area contributed by atoms with E-state index < -0.39 is 21.6 Å². The van der Waals surface area contributed by atoms with Crippen LogP contribution >= 0.6 is 0 Å². The molecule has 0 spiro atoms. The second kappa shape index (κ2) is 6.75. The summed E-state index contributed by atoms with van der Waals surface area (Å²) in [6.07, 6.45) is 3.26. The second-order valence-electron chi connectivity index (χ2n) is 6.63. The number of nitrogens with one attached hydrogen (secondary N) is 1. The molecule has 0 aliphatic carbocycles. The maximum absolute atomic E-state index is 13.0. The molecule has 1 aliphatic rings. The Morgan fingerprint density at radius 3 is 2.19 bits per heavy atom. The van der Waals surface area contributed by atoms with Gasteiger partial charge in [0, 0.05) is 18.9 Å². The molecule has 2 heterocycles. The highest BCUT2D eigenvalue weighted by molar-refractivity contribution is 7.89. The number of rotatable bonds is 5. The zero-order chi connectivity index (χ0) is 19.8. The fourth-order valence-electron chi connectivity index (χ4n) is 2.89. The molecule has 1 aromatic heterocycles. The first-order valence-corrected chi connectivity index (χ1v) is 9.75. The fraction of sp³-hybridized carbons (Fsp3) is 0.278. The van der Waals surface area contributed by atoms with E-state index in [1.165, 1.54) is 36.2 Å². The van der Waals surface area contributed by atoms with Gasteiger partial charge >= 0.3 is 6.03 Å². The van der Waals surface area contributed by atoms with Gasteiger partial charge in [-0.15, -0.1) is 0 Å². The van der Waals surface area contributed by atoms with E-state index in [0.29, 0.717) is 5.69 Å². The van der Waals surface area contributed by atoms with Crippen molar-refractivity contribution in [3.8, 4) is 0 Å². The molecule has 1 N–H and O–H groups in total. The van der Waals surface area contributed by atoms with Crippen LogP contribution in [0.15, 0.2) is 53.7 Å². The summed E-state index contributed by atoms with van der Waals surface area (Å²) < 4.78 is 25.9. The molecule has 1 aliphatic heterocycles. The minimum Gasteiger partial charge on any atom is -0.305 e. The molecule has 1 fully saturated rings. The van der Waals surface area contributed by atoms with E-state index in [1.807, 2.05) is 0 Å². The Morgan fingerprint density at radius 1 is 1.04 bits per heavy atom. The summed E-state index contributed by atoms with van der Waals surface area (Å²) in [4.78, 5) is 32.4. The lowest BCUT2D eigenvalue weighted by Gasteiger charge is -2.27. The highest BCUT2D eigenvalue weighted by atomic mass is 32.2. The molecular formula is C18H20N4O4S. The number of hydrogen-bond donors (Lipinski definition) is 1. The summed E-state index contributed by atoms with van der Waals surface area (Å²) in [5.41, 5.74) is 0.151. The molecule has 1 saturated heterocycles. The van der Waals surface area contributed by atoms with Crippen molar-refractivity contribution < 1.29 is 18.0 Å². The average Bonchev–Trinajstić information content (AvgIpc) is 2.82. The molecule has 0 atom stereocenters. The molecule has 0 bridgehead atoms. The number of anilines is 1. The van der Waals surface area contributed by atoms with Gasteiger partial charge in [-0.05, 0) is 62.9 Å². The smallest absolute Gasteiger partial charge is 0.305 e. The summed E-state index contributed by atoms with van der Waals surface area (Å²) >= 11 is 0. The molecule has 27 heavy (non-hydrogen) atoms. The number of amides is 3. The third-order valence-electron chi connectivity index (χ3n) is 4.59. The minimum atomic E-state index is -3.59. The van der Waals surface area contributed by atoms with Crippen LogP contribution in [0.2, 0.25) is 0 Å². The lowest BCUT2D eigenvalue weighted by atomic mass is 10.0. The monoisotopic (exact) mass is 388 g/mol. The molecule has 3 amide bonds. The van der Waals surface area contributed by atoms with E-state index in [9.17, 15) is 18.0 Å². The van der Waals surface area contributed by atoms with Crippen molar-refractivity contribution in [3.63, 3.8) is 0 Å². The number of benzene rings is 1. The van der Waals surface area contributed by atoms with Gasteiger partial charge in [-0.3, -0.25) is 9.78 Å². The van der Waals surface area contributed by atoms with Gasteiger partial charge in [0.1, 0.15) is 5.54 Å². The summed E-state index contributed by atoms with van der Waals surface area (Å²) in [6, 6.07) is 8.74. The number of carbonyl (C=O) groups excluding carboxylic acids is 2. The summed E-state index contributed by atoms with van der Waals surface area (Å²) in [5, 5.41) is 0. The van der Waals surface area contributed by atoms with E-state index in [1.54, 1.807) is 38.4 Å². The van der Waals surface area contributed by atoms with Crippen LogP contribution in [-0.4, -0.2) is 42.8 Å². The molecular weight excluding hydrogens is 368 g/mol. The number of urea groups is 1. The van der Waals surface area contributed by atoms with Crippen LogP contribution in [0.3, 0.4) is 0 Å². The van der Waals surface area contributed by atoms with Gasteiger partial charge in [0.25, 0.3) is 5.91 Å². The predicted molar refractivity (Wildman–Crippen MR) is 99.4 cm³/mol. The standard InChI is InChI=1S/C18H20N4O4S/c1-18(2)16(23)22(14-4-6-15(7-5-14)27(25,26)19-3)17(24)21(18)12-13-8-10-20-11-9-13/h4-11,19H,12H2,1-3H3. The van der Waals surface area contributed by atoms with Gasteiger partial charge in [0.15, 0.2) is 0 Å². The van der Waals surface area contributed by atoms with Crippen LogP contribution in [0.1, 0.15) is 19.4 Å². The Labute approximate surface area is 157 Å². The topological polar surface area (TPSA) is 99.7 Å². The Bertz CT molecular complexity index is 972. The van der Waals surface area contributed by atoms with E-state index in [4.69, 9.17) is 0 Å². The largest absolute Gasteiger partial charge is 0.332 e. The molecule has 0 radical (unpaired) electrons. The van der Waals surface area contributed by atoms with Gasteiger partial charge in [-0.25, -0.2) is 22.8 Å². The quantitative estimate of drug-likeness (QED) is 0.787. The van der Waals surface area contributed by atoms with Crippen molar-refractivity contribution in [2.75, 3.05) is 11.9 Å². The molecule has 1 aromatic carbocycles. The van der Waals surface area contributed by atoms with E-state index in [0.717, 1.165) is 10.5 Å². The van der Waals surface area contributed by atoms with Crippen LogP contribution in [0.25, 0.3) is 0 Å². The highest BCUT2D eigenvalue weighted by Crippen LogP contribution is 2.33. The first-order valence-electron chi connectivity index (χ1n) is 8.27. The van der Waals surface area contributed by atoms with Crippen LogP contribution in [0.4, 0.5) is 10.5 Å². The number of pyridine rings is 1. The maximum Gasteiger partial charge on any atom is 0.332 e. The van der Waals surface area contributed by atoms with Crippen molar-refractivity contribution >= 4 is 27.6 Å². The molecule has 8 nitrogen and oxygen atoms in total. The highest BCUT2D eigenvalue weighted by Gasteiger charge is 2.51. The van der Waals surface area contributed by atoms with Gasteiger partial charge in [0.2, 0.25) is 10.0 Å². The van der Waals surface area contributed by atoms with E-state index >= 15 is 0 Å². The molecule has 142 valence electrons. The van der Waals surface area contributed by atoms with Gasteiger partial charge in [-0.2, -0.15) is 0 Å². The summed E-state index contributed by atoms with van der Waals surface area (Å²) in [5.74, 6) is -0.370. The molecule has 3 rings (SSSR count). The van der Waals surface area contributed by atoms with Crippen LogP contribution in [0, 0.1) is 0 Å². The lowest BCUT2D eigenvalue weighted by molar-refractivity contribution is -0.123. The van der Waals surface area contributed by atoms with Crippen molar-refractivity contribution in [2.45, 2.75) is 30.8 Å². The SMILES string of the molecule is CNS(=O)(=O)c1ccc(N2C(=O)N(Cc3ccncc3)C(C)(C)C2=O)cc1. The Morgan fingerprint density at radius 2 is 1.63 bits per heavy atom. The predicted octanol–water partition coefficient (Wildman–Crippen LogP) is 1.74. The number of sulfonamides is 1. The van der Waals surface area contributed by atoms with Crippen molar-refractivity contribution in [2.24, 2.45) is 0 Å². The first-order chi connectivity index (χ1) is 12.7. The molecule has 2 aromatic rings. The lowest BCUT2D eigenvalue weighted by Crippen LogP contribution is -2.43.